The normalized spacial score (nSPS) is 15.7. The van der Waals surface area contributed by atoms with Crippen LogP contribution in [0.3, 0.4) is 0 Å². The van der Waals surface area contributed by atoms with Crippen molar-refractivity contribution in [2.24, 2.45) is 0 Å². The minimum absolute atomic E-state index is 0.112. The van der Waals surface area contributed by atoms with E-state index in [9.17, 15) is 4.79 Å². The predicted octanol–water partition coefficient (Wildman–Crippen LogP) is 7.01. The number of piperidine rings is 1. The van der Waals surface area contributed by atoms with E-state index in [2.05, 4.69) is 47.4 Å². The van der Waals surface area contributed by atoms with Crippen LogP contribution in [-0.4, -0.2) is 42.4 Å². The quantitative estimate of drug-likeness (QED) is 0.336. The molecule has 1 heterocycles. The molecule has 3 aromatic rings. The van der Waals surface area contributed by atoms with Gasteiger partial charge in [0.2, 0.25) is 5.91 Å². The van der Waals surface area contributed by atoms with Crippen molar-refractivity contribution >= 4 is 29.1 Å². The molecule has 0 unspecified atom stereocenters. The Labute approximate surface area is 213 Å². The Morgan fingerprint density at radius 2 is 1.59 bits per heavy atom. The van der Waals surface area contributed by atoms with Gasteiger partial charge in [-0.25, -0.2) is 0 Å². The first kappa shape index (κ1) is 24.8. The van der Waals surface area contributed by atoms with Gasteiger partial charge in [0.25, 0.3) is 0 Å². The van der Waals surface area contributed by atoms with Crippen LogP contribution < -0.4 is 0 Å². The monoisotopic (exact) mass is 494 g/mol. The summed E-state index contributed by atoms with van der Waals surface area (Å²) in [6.45, 7) is 3.58. The maximum Gasteiger partial charge on any atom is 0.230 e. The molecule has 0 radical (unpaired) electrons. The highest BCUT2D eigenvalue weighted by Gasteiger charge is 2.27. The summed E-state index contributed by atoms with van der Waals surface area (Å²) in [4.78, 5) is 17.9. The topological polar surface area (TPSA) is 23.6 Å². The van der Waals surface area contributed by atoms with Crippen LogP contribution in [0.5, 0.6) is 0 Å². The lowest BCUT2D eigenvalue weighted by atomic mass is 9.88. The first-order chi connectivity index (χ1) is 16.5. The summed E-state index contributed by atoms with van der Waals surface area (Å²) < 4.78 is 0. The van der Waals surface area contributed by atoms with Crippen LogP contribution in [0.4, 0.5) is 0 Å². The molecule has 0 saturated carbocycles. The minimum Gasteiger partial charge on any atom is -0.341 e. The van der Waals surface area contributed by atoms with Crippen molar-refractivity contribution in [3.05, 3.63) is 106 Å². The summed E-state index contributed by atoms with van der Waals surface area (Å²) in [5.74, 6) is 0.485. The van der Waals surface area contributed by atoms with Crippen molar-refractivity contribution in [1.82, 2.24) is 9.80 Å². The van der Waals surface area contributed by atoms with Crippen molar-refractivity contribution < 1.29 is 4.79 Å². The lowest BCUT2D eigenvalue weighted by Crippen LogP contribution is -2.37. The number of rotatable bonds is 8. The van der Waals surface area contributed by atoms with Crippen molar-refractivity contribution in [3.8, 4) is 0 Å². The third-order valence-electron chi connectivity index (χ3n) is 6.88. The molecule has 178 valence electrons. The second-order valence-corrected chi connectivity index (χ2v) is 10.0. The fourth-order valence-corrected chi connectivity index (χ4v) is 5.20. The van der Waals surface area contributed by atoms with E-state index in [1.807, 2.05) is 42.3 Å². The number of benzene rings is 3. The van der Waals surface area contributed by atoms with Crippen LogP contribution in [0.1, 0.15) is 47.8 Å². The number of hydrogen-bond acceptors (Lipinski definition) is 2. The Bertz CT molecular complexity index is 1070. The van der Waals surface area contributed by atoms with E-state index in [4.69, 9.17) is 23.2 Å². The van der Waals surface area contributed by atoms with Crippen molar-refractivity contribution in [2.45, 2.75) is 37.6 Å². The summed E-state index contributed by atoms with van der Waals surface area (Å²) in [6.07, 6.45) is 3.07. The van der Waals surface area contributed by atoms with Gasteiger partial charge in [0, 0.05) is 13.6 Å². The van der Waals surface area contributed by atoms with Crippen LogP contribution in [0, 0.1) is 0 Å². The number of hydrogen-bond donors (Lipinski definition) is 0. The Morgan fingerprint density at radius 3 is 2.24 bits per heavy atom. The summed E-state index contributed by atoms with van der Waals surface area (Å²) in [5, 5.41) is 1.00. The van der Waals surface area contributed by atoms with E-state index < -0.39 is 0 Å². The number of likely N-dealkylation sites (N-methyl/N-ethyl adjacent to an activating group) is 1. The molecule has 3 nitrogen and oxygen atoms in total. The molecule has 1 amide bonds. The molecule has 1 fully saturated rings. The number of likely N-dealkylation sites (tertiary alicyclic amines) is 1. The van der Waals surface area contributed by atoms with Gasteiger partial charge in [-0.15, -0.1) is 0 Å². The van der Waals surface area contributed by atoms with E-state index in [0.29, 0.717) is 22.5 Å². The highest BCUT2D eigenvalue weighted by Crippen LogP contribution is 2.32. The maximum absolute atomic E-state index is 13.6. The summed E-state index contributed by atoms with van der Waals surface area (Å²) in [5.41, 5.74) is 3.49. The average molecular weight is 495 g/mol. The molecule has 1 atom stereocenters. The molecule has 0 aromatic heterocycles. The van der Waals surface area contributed by atoms with Crippen LogP contribution in [0.2, 0.25) is 10.0 Å². The van der Waals surface area contributed by atoms with Gasteiger partial charge in [-0.2, -0.15) is 0 Å². The lowest BCUT2D eigenvalue weighted by Gasteiger charge is -2.33. The van der Waals surface area contributed by atoms with Gasteiger partial charge in [-0.3, -0.25) is 4.79 Å². The molecule has 0 bridgehead atoms. The summed E-state index contributed by atoms with van der Waals surface area (Å²) in [6, 6.07) is 26.5. The fraction of sp³-hybridized carbons (Fsp3) is 0.345. The van der Waals surface area contributed by atoms with E-state index in [1.165, 1.54) is 5.56 Å². The lowest BCUT2D eigenvalue weighted by molar-refractivity contribution is -0.132. The van der Waals surface area contributed by atoms with Crippen molar-refractivity contribution in [1.29, 1.82) is 0 Å². The molecular formula is C29H32Cl2N2O. The zero-order valence-electron chi connectivity index (χ0n) is 19.7. The highest BCUT2D eigenvalue weighted by atomic mass is 35.5. The molecule has 1 saturated heterocycles. The van der Waals surface area contributed by atoms with Gasteiger partial charge in [0.1, 0.15) is 0 Å². The van der Waals surface area contributed by atoms with Crippen molar-refractivity contribution in [3.63, 3.8) is 0 Å². The van der Waals surface area contributed by atoms with Crippen LogP contribution in [-0.2, 0) is 11.3 Å². The van der Waals surface area contributed by atoms with E-state index >= 15 is 0 Å². The van der Waals surface area contributed by atoms with E-state index in [1.54, 1.807) is 6.07 Å². The summed E-state index contributed by atoms with van der Waals surface area (Å²) in [7, 11) is 1.88. The standard InChI is InChI=1S/C29H32Cl2N2O/c1-32(21-22-8-4-2-5-9-22)29(34)26(25-12-13-27(30)28(31)20-25)16-19-33-17-14-24(15-18-33)23-10-6-3-7-11-23/h2-13,20,24,26H,14-19,21H2,1H3/t26-/m0/s1. The number of amides is 1. The molecule has 5 heteroatoms. The molecule has 34 heavy (non-hydrogen) atoms. The molecule has 1 aliphatic rings. The van der Waals surface area contributed by atoms with Crippen LogP contribution in [0.15, 0.2) is 78.9 Å². The zero-order valence-corrected chi connectivity index (χ0v) is 21.2. The van der Waals surface area contributed by atoms with Crippen LogP contribution >= 0.6 is 23.2 Å². The first-order valence-electron chi connectivity index (χ1n) is 12.0. The number of carbonyl (C=O) groups excluding carboxylic acids is 1. The van der Waals surface area contributed by atoms with Gasteiger partial charge in [0.05, 0.1) is 16.0 Å². The second-order valence-electron chi connectivity index (χ2n) is 9.22. The van der Waals surface area contributed by atoms with E-state index in [-0.39, 0.29) is 11.8 Å². The second kappa shape index (κ2) is 11.9. The number of carbonyl (C=O) groups is 1. The molecular weight excluding hydrogens is 463 g/mol. The van der Waals surface area contributed by atoms with Gasteiger partial charge in [-0.1, -0.05) is 89.9 Å². The smallest absolute Gasteiger partial charge is 0.230 e. The molecule has 0 spiro atoms. The minimum atomic E-state index is -0.254. The maximum atomic E-state index is 13.6. The molecule has 3 aromatic carbocycles. The molecule has 4 rings (SSSR count). The molecule has 0 aliphatic carbocycles. The first-order valence-corrected chi connectivity index (χ1v) is 12.8. The fourth-order valence-electron chi connectivity index (χ4n) is 4.89. The highest BCUT2D eigenvalue weighted by molar-refractivity contribution is 6.42. The van der Waals surface area contributed by atoms with Gasteiger partial charge < -0.3 is 9.80 Å². The predicted molar refractivity (Wildman–Crippen MR) is 142 cm³/mol. The van der Waals surface area contributed by atoms with Crippen LogP contribution in [0.25, 0.3) is 0 Å². The Balaban J connectivity index is 1.42. The number of halogens is 2. The molecule has 0 N–H and O–H groups in total. The number of nitrogens with zero attached hydrogens (tertiary/aromatic N) is 2. The van der Waals surface area contributed by atoms with Gasteiger partial charge in [0.15, 0.2) is 0 Å². The third kappa shape index (κ3) is 6.41. The largest absolute Gasteiger partial charge is 0.341 e. The zero-order chi connectivity index (χ0) is 23.9. The Morgan fingerprint density at radius 1 is 0.941 bits per heavy atom. The average Bonchev–Trinajstić information content (AvgIpc) is 2.87. The Kier molecular flexibility index (Phi) is 8.66. The van der Waals surface area contributed by atoms with Gasteiger partial charge in [-0.05, 0) is 73.6 Å². The third-order valence-corrected chi connectivity index (χ3v) is 7.61. The Hall–Kier alpha value is -2.33. The SMILES string of the molecule is CN(Cc1ccccc1)C(=O)[C@@H](CCN1CCC(c2ccccc2)CC1)c1ccc(Cl)c(Cl)c1. The van der Waals surface area contributed by atoms with E-state index in [0.717, 1.165) is 50.0 Å². The van der Waals surface area contributed by atoms with Gasteiger partial charge >= 0.3 is 0 Å². The summed E-state index contributed by atoms with van der Waals surface area (Å²) >= 11 is 12.5. The van der Waals surface area contributed by atoms with Crippen molar-refractivity contribution in [2.75, 3.05) is 26.7 Å². The molecule has 1 aliphatic heterocycles.